The third-order valence-electron chi connectivity index (χ3n) is 14.8. The lowest BCUT2D eigenvalue weighted by molar-refractivity contribution is -0.576. The van der Waals surface area contributed by atoms with Gasteiger partial charge in [0.2, 0.25) is 36.0 Å². The molecule has 2 N–H and O–H groups in total. The van der Waals surface area contributed by atoms with Crippen molar-refractivity contribution < 1.29 is 67.1 Å². The number of carbonyl (C=O) groups excluding carboxylic acids is 4. The Hall–Kier alpha value is -2.44. The Morgan fingerprint density at radius 2 is 0.982 bits per heavy atom. The van der Waals surface area contributed by atoms with Crippen molar-refractivity contribution in [3.05, 3.63) is 0 Å². The van der Waals surface area contributed by atoms with Crippen LogP contribution in [0.15, 0.2) is 0 Å². The van der Waals surface area contributed by atoms with Gasteiger partial charge < -0.3 is 39.1 Å². The van der Waals surface area contributed by atoms with Crippen LogP contribution in [-0.2, 0) is 67.1 Å². The molecule has 4 bridgehead atoms. The van der Waals surface area contributed by atoms with E-state index in [-0.39, 0.29) is 73.0 Å². The van der Waals surface area contributed by atoms with Crippen molar-refractivity contribution in [3.63, 3.8) is 0 Å². The molecule has 0 aromatic rings. The second-order valence-corrected chi connectivity index (χ2v) is 18.6. The molecule has 16 heteroatoms. The van der Waals surface area contributed by atoms with E-state index in [4.69, 9.17) is 48.0 Å². The molecular weight excluding hydrogens is 744 g/mol. The summed E-state index contributed by atoms with van der Waals surface area (Å²) in [4.78, 5) is 74.9. The minimum atomic E-state index is -0.926. The van der Waals surface area contributed by atoms with E-state index in [2.05, 4.69) is 24.5 Å². The van der Waals surface area contributed by atoms with Crippen LogP contribution >= 0.6 is 0 Å². The number of nitrogens with one attached hydrogen (secondary N) is 2. The van der Waals surface area contributed by atoms with Crippen molar-refractivity contribution >= 4 is 23.8 Å². The topological polar surface area (TPSA) is 185 Å². The first-order valence-electron chi connectivity index (χ1n) is 21.5. The highest BCUT2D eigenvalue weighted by atomic mass is 17.3. The Bertz CT molecular complexity index is 1440. The highest BCUT2D eigenvalue weighted by Crippen LogP contribution is 2.62. The summed E-state index contributed by atoms with van der Waals surface area (Å²) in [7, 11) is 0. The quantitative estimate of drug-likeness (QED) is 0.158. The van der Waals surface area contributed by atoms with Crippen LogP contribution < -0.4 is 10.6 Å². The minimum absolute atomic E-state index is 0.0231. The summed E-state index contributed by atoms with van der Waals surface area (Å²) < 4.78 is 36.9. The molecule has 0 aromatic carbocycles. The van der Waals surface area contributed by atoms with Crippen LogP contribution in [0.5, 0.6) is 0 Å². The minimum Gasteiger partial charge on any atom is -0.435 e. The van der Waals surface area contributed by atoms with Crippen LogP contribution in [0.25, 0.3) is 0 Å². The Balaban J connectivity index is 0.716. The fourth-order valence-electron chi connectivity index (χ4n) is 11.5. The maximum atomic E-state index is 12.9. The van der Waals surface area contributed by atoms with E-state index in [0.29, 0.717) is 44.2 Å². The van der Waals surface area contributed by atoms with Crippen molar-refractivity contribution in [1.29, 1.82) is 0 Å². The summed E-state index contributed by atoms with van der Waals surface area (Å²) in [5.41, 5.74) is -1.49. The molecule has 2 saturated carbocycles. The Labute approximate surface area is 334 Å². The predicted molar refractivity (Wildman–Crippen MR) is 195 cm³/mol. The molecule has 10 aliphatic rings. The maximum Gasteiger partial charge on any atom is 0.308 e. The fraction of sp³-hybridized carbons (Fsp3) is 0.902. The molecule has 0 aromatic heterocycles. The molecule has 10 fully saturated rings. The van der Waals surface area contributed by atoms with Gasteiger partial charge in [0.25, 0.3) is 0 Å². The van der Waals surface area contributed by atoms with Gasteiger partial charge in [0, 0.05) is 62.4 Å². The largest absolute Gasteiger partial charge is 0.435 e. The van der Waals surface area contributed by atoms with Crippen LogP contribution in [0.1, 0.15) is 125 Å². The number of rotatable bonds is 12. The SMILES string of the molecule is C[C@H]1[C@H](OC(=O)CCC(=O)NCCCNC(=O)CCC(=O)O[C@@H]2O[C@@H]3O[C@]4(C)CC[C@H]5[C@H](C)CC[C@@H]([C@H]2C)[C@@]35OO4)O[C@@H]2O[C@]3(C)CC[C@H]4[C@H](C)CC[C@@H]1[C@@]24OO3. The van der Waals surface area contributed by atoms with Crippen LogP contribution in [-0.4, -0.2) is 84.8 Å². The highest BCUT2D eigenvalue weighted by Gasteiger charge is 2.71. The second kappa shape index (κ2) is 15.9. The zero-order valence-electron chi connectivity index (χ0n) is 34.3. The second-order valence-electron chi connectivity index (χ2n) is 18.6. The van der Waals surface area contributed by atoms with E-state index >= 15 is 0 Å². The molecule has 0 radical (unpaired) electrons. The van der Waals surface area contributed by atoms with Gasteiger partial charge in [-0.05, 0) is 82.5 Å². The summed E-state index contributed by atoms with van der Waals surface area (Å²) >= 11 is 0. The molecule has 10 rings (SSSR count). The number of fused-ring (bicyclic) bond motifs is 4. The van der Waals surface area contributed by atoms with Crippen molar-refractivity contribution in [2.24, 2.45) is 47.3 Å². The van der Waals surface area contributed by atoms with Crippen molar-refractivity contribution in [2.45, 2.75) is 173 Å². The Morgan fingerprint density at radius 3 is 1.40 bits per heavy atom. The summed E-state index contributed by atoms with van der Waals surface area (Å²) in [5.74, 6) is -2.52. The molecule has 8 saturated heterocycles. The van der Waals surface area contributed by atoms with E-state index < -0.39 is 59.9 Å². The number of hydrogen-bond acceptors (Lipinski definition) is 14. The molecular formula is C41H62N2O14. The monoisotopic (exact) mass is 806 g/mol. The van der Waals surface area contributed by atoms with E-state index in [1.54, 1.807) is 0 Å². The normalized spacial score (nSPS) is 46.7. The number of ether oxygens (including phenoxy) is 6. The summed E-state index contributed by atoms with van der Waals surface area (Å²) in [5, 5.41) is 5.56. The van der Waals surface area contributed by atoms with E-state index in [0.717, 1.165) is 38.5 Å². The van der Waals surface area contributed by atoms with E-state index in [1.165, 1.54) is 0 Å². The first-order valence-corrected chi connectivity index (χ1v) is 21.5. The number of hydrogen-bond donors (Lipinski definition) is 2. The average molecular weight is 807 g/mol. The summed E-state index contributed by atoms with van der Waals surface area (Å²) in [6.45, 7) is 12.8. The van der Waals surface area contributed by atoms with Crippen molar-refractivity contribution in [2.75, 3.05) is 13.1 Å². The van der Waals surface area contributed by atoms with E-state index in [1.807, 2.05) is 27.7 Å². The molecule has 2 aliphatic carbocycles. The standard InChI is InChI=1S/C41H62N2O14/c1-22-8-10-28-24(3)34(50-36-40(28)26(22)16-18-38(5,52-36)54-56-40)48-32(46)14-12-30(44)42-20-7-21-43-31(45)13-15-33(47)49-35-25(4)29-11-9-23(2)27-17-19-39(6)53-37(51-35)41(27,29)57-55-39/h22-29,34-37H,7-21H2,1-6H3,(H,42,44)(H,43,45)/t22-,23-,24-,25-,26+,27+,28+,29+,34-,35-,36-,37-,38+,39+,40-,41-/m1/s1. The molecule has 57 heavy (non-hydrogen) atoms. The summed E-state index contributed by atoms with van der Waals surface area (Å²) in [6.07, 6.45) is 4.09. The molecule has 16 nitrogen and oxygen atoms in total. The fourth-order valence-corrected chi connectivity index (χ4v) is 11.5. The van der Waals surface area contributed by atoms with Crippen molar-refractivity contribution in [3.8, 4) is 0 Å². The first kappa shape index (κ1) is 41.3. The maximum absolute atomic E-state index is 12.9. The number of amides is 2. The van der Waals surface area contributed by atoms with Crippen LogP contribution in [0.3, 0.4) is 0 Å². The lowest BCUT2D eigenvalue weighted by Crippen LogP contribution is -2.70. The van der Waals surface area contributed by atoms with Gasteiger partial charge in [-0.3, -0.25) is 19.2 Å². The highest BCUT2D eigenvalue weighted by molar-refractivity contribution is 5.82. The predicted octanol–water partition coefficient (Wildman–Crippen LogP) is 4.67. The van der Waals surface area contributed by atoms with Gasteiger partial charge in [-0.25, -0.2) is 19.6 Å². The molecule has 16 atom stereocenters. The van der Waals surface area contributed by atoms with Crippen LogP contribution in [0, 0.1) is 47.3 Å². The molecule has 2 spiro atoms. The molecule has 0 unspecified atom stereocenters. The van der Waals surface area contributed by atoms with Gasteiger partial charge in [0.05, 0.1) is 12.8 Å². The van der Waals surface area contributed by atoms with Gasteiger partial charge in [-0.1, -0.05) is 27.7 Å². The van der Waals surface area contributed by atoms with Gasteiger partial charge in [-0.15, -0.1) is 0 Å². The molecule has 8 aliphatic heterocycles. The van der Waals surface area contributed by atoms with Crippen LogP contribution in [0.2, 0.25) is 0 Å². The van der Waals surface area contributed by atoms with Gasteiger partial charge >= 0.3 is 11.9 Å². The summed E-state index contributed by atoms with van der Waals surface area (Å²) in [6, 6.07) is 0. The molecule has 2 amide bonds. The van der Waals surface area contributed by atoms with Gasteiger partial charge in [0.15, 0.2) is 23.8 Å². The zero-order valence-corrected chi connectivity index (χ0v) is 34.3. The smallest absolute Gasteiger partial charge is 0.308 e. The third kappa shape index (κ3) is 7.52. The molecule has 8 heterocycles. The van der Waals surface area contributed by atoms with Crippen molar-refractivity contribution in [1.82, 2.24) is 10.6 Å². The first-order chi connectivity index (χ1) is 27.2. The number of esters is 2. The lowest BCUT2D eigenvalue weighted by Gasteiger charge is -2.59. The Kier molecular flexibility index (Phi) is 11.5. The van der Waals surface area contributed by atoms with Gasteiger partial charge in [0.1, 0.15) is 0 Å². The zero-order chi connectivity index (χ0) is 40.3. The molecule has 320 valence electrons. The average Bonchev–Trinajstić information content (AvgIpc) is 3.55. The van der Waals surface area contributed by atoms with Gasteiger partial charge in [-0.2, -0.15) is 0 Å². The van der Waals surface area contributed by atoms with E-state index in [9.17, 15) is 19.2 Å². The van der Waals surface area contributed by atoms with Crippen LogP contribution in [0.4, 0.5) is 0 Å². The third-order valence-corrected chi connectivity index (χ3v) is 14.8. The lowest BCUT2D eigenvalue weighted by atomic mass is 9.58. The Morgan fingerprint density at radius 1 is 0.561 bits per heavy atom. The number of carbonyl (C=O) groups is 4.